The SMILES string of the molecule is COc1cc(Cl)c(C)cc1NC(=O)c1c(O)c2c3c(sc2[nH]c1=O)CCCC3. The molecule has 2 aromatic heterocycles. The maximum atomic E-state index is 12.9. The van der Waals surface area contributed by atoms with Gasteiger partial charge in [-0.1, -0.05) is 11.6 Å². The van der Waals surface area contributed by atoms with Crippen LogP contribution in [0.1, 0.15) is 39.2 Å². The molecule has 0 spiro atoms. The van der Waals surface area contributed by atoms with E-state index in [0.717, 1.165) is 36.8 Å². The van der Waals surface area contributed by atoms with Gasteiger partial charge in [-0.25, -0.2) is 0 Å². The molecule has 0 fully saturated rings. The van der Waals surface area contributed by atoms with Crippen molar-refractivity contribution in [1.29, 1.82) is 0 Å². The molecule has 0 bridgehead atoms. The lowest BCUT2D eigenvalue weighted by molar-refractivity contribution is 0.102. The molecule has 3 aromatic rings. The number of ether oxygens (including phenoxy) is 1. The standard InChI is InChI=1S/C20H19ClN2O4S/c1-9-7-12(13(27-2)8-11(9)21)22-18(25)16-17(24)15-10-5-3-4-6-14(10)28-20(15)23-19(16)26/h7-8H,3-6H2,1-2H3,(H,22,25)(H2,23,24,26). The predicted octanol–water partition coefficient (Wildman–Crippen LogP) is 4.40. The number of aryl methyl sites for hydroxylation is 3. The Hall–Kier alpha value is -2.51. The second-order valence-corrected chi connectivity index (χ2v) is 8.36. The molecule has 0 atom stereocenters. The number of amides is 1. The molecule has 3 N–H and O–H groups in total. The number of fused-ring (bicyclic) bond motifs is 3. The van der Waals surface area contributed by atoms with E-state index in [0.29, 0.717) is 26.7 Å². The van der Waals surface area contributed by atoms with Crippen LogP contribution in [0.3, 0.4) is 0 Å². The van der Waals surface area contributed by atoms with Crippen molar-refractivity contribution in [3.8, 4) is 11.5 Å². The first kappa shape index (κ1) is 18.8. The molecule has 4 rings (SSSR count). The number of hydrogen-bond acceptors (Lipinski definition) is 5. The van der Waals surface area contributed by atoms with Gasteiger partial charge in [0, 0.05) is 16.0 Å². The van der Waals surface area contributed by atoms with Gasteiger partial charge in [0.1, 0.15) is 21.9 Å². The van der Waals surface area contributed by atoms with Crippen LogP contribution in [0.5, 0.6) is 11.5 Å². The number of halogens is 1. The topological polar surface area (TPSA) is 91.4 Å². The van der Waals surface area contributed by atoms with Crippen LogP contribution in [-0.4, -0.2) is 23.1 Å². The third kappa shape index (κ3) is 3.04. The highest BCUT2D eigenvalue weighted by Gasteiger charge is 2.26. The van der Waals surface area contributed by atoms with Crippen LogP contribution < -0.4 is 15.6 Å². The minimum Gasteiger partial charge on any atom is -0.506 e. The van der Waals surface area contributed by atoms with E-state index in [-0.39, 0.29) is 11.3 Å². The number of methoxy groups -OCH3 is 1. The number of aromatic nitrogens is 1. The molecule has 0 saturated heterocycles. The normalized spacial score (nSPS) is 13.4. The Morgan fingerprint density at radius 1 is 1.32 bits per heavy atom. The summed E-state index contributed by atoms with van der Waals surface area (Å²) in [6.45, 7) is 1.80. The lowest BCUT2D eigenvalue weighted by atomic mass is 9.96. The Bertz CT molecular complexity index is 1170. The van der Waals surface area contributed by atoms with E-state index in [1.807, 2.05) is 0 Å². The van der Waals surface area contributed by atoms with E-state index in [4.69, 9.17) is 16.3 Å². The molecule has 1 aromatic carbocycles. The van der Waals surface area contributed by atoms with E-state index >= 15 is 0 Å². The molecule has 28 heavy (non-hydrogen) atoms. The average Bonchev–Trinajstić information content (AvgIpc) is 3.02. The molecule has 0 saturated carbocycles. The summed E-state index contributed by atoms with van der Waals surface area (Å²) in [5.74, 6) is -0.592. The molecule has 0 aliphatic heterocycles. The molecule has 2 heterocycles. The van der Waals surface area contributed by atoms with Crippen LogP contribution in [-0.2, 0) is 12.8 Å². The molecule has 1 aliphatic carbocycles. The van der Waals surface area contributed by atoms with Gasteiger partial charge in [0.15, 0.2) is 0 Å². The molecule has 0 radical (unpaired) electrons. The van der Waals surface area contributed by atoms with Crippen LogP contribution in [0.15, 0.2) is 16.9 Å². The van der Waals surface area contributed by atoms with Crippen molar-refractivity contribution >= 4 is 44.7 Å². The fourth-order valence-electron chi connectivity index (χ4n) is 3.63. The molecule has 146 valence electrons. The van der Waals surface area contributed by atoms with Gasteiger partial charge in [-0.2, -0.15) is 0 Å². The molecule has 8 heteroatoms. The van der Waals surface area contributed by atoms with Crippen molar-refractivity contribution in [3.05, 3.63) is 49.1 Å². The maximum Gasteiger partial charge on any atom is 0.265 e. The van der Waals surface area contributed by atoms with E-state index in [9.17, 15) is 14.7 Å². The molecular formula is C20H19ClN2O4S. The van der Waals surface area contributed by atoms with Crippen LogP contribution in [0, 0.1) is 6.92 Å². The van der Waals surface area contributed by atoms with Crippen LogP contribution in [0.2, 0.25) is 5.02 Å². The average molecular weight is 419 g/mol. The van der Waals surface area contributed by atoms with Crippen molar-refractivity contribution in [2.24, 2.45) is 0 Å². The first-order valence-corrected chi connectivity index (χ1v) is 10.1. The van der Waals surface area contributed by atoms with Crippen LogP contribution >= 0.6 is 22.9 Å². The summed E-state index contributed by atoms with van der Waals surface area (Å²) in [6, 6.07) is 3.25. The van der Waals surface area contributed by atoms with Gasteiger partial charge < -0.3 is 20.1 Å². The van der Waals surface area contributed by atoms with Gasteiger partial charge in [0.2, 0.25) is 0 Å². The third-order valence-electron chi connectivity index (χ3n) is 5.06. The lowest BCUT2D eigenvalue weighted by Gasteiger charge is -2.13. The molecular weight excluding hydrogens is 400 g/mol. The highest BCUT2D eigenvalue weighted by atomic mass is 35.5. The minimum absolute atomic E-state index is 0.264. The van der Waals surface area contributed by atoms with E-state index in [2.05, 4.69) is 10.3 Å². The van der Waals surface area contributed by atoms with Gasteiger partial charge in [0.05, 0.1) is 18.2 Å². The third-order valence-corrected chi connectivity index (χ3v) is 6.67. The van der Waals surface area contributed by atoms with E-state index < -0.39 is 11.5 Å². The van der Waals surface area contributed by atoms with E-state index in [1.165, 1.54) is 23.3 Å². The zero-order valence-corrected chi connectivity index (χ0v) is 17.0. The van der Waals surface area contributed by atoms with Crippen molar-refractivity contribution in [3.63, 3.8) is 0 Å². The summed E-state index contributed by atoms with van der Waals surface area (Å²) in [5.41, 5.74) is 1.24. The molecule has 1 aliphatic rings. The second-order valence-electron chi connectivity index (χ2n) is 6.85. The highest BCUT2D eigenvalue weighted by Crippen LogP contribution is 2.40. The summed E-state index contributed by atoms with van der Waals surface area (Å²) < 4.78 is 5.26. The summed E-state index contributed by atoms with van der Waals surface area (Å²) in [7, 11) is 1.46. The second kappa shape index (κ2) is 7.14. The van der Waals surface area contributed by atoms with Gasteiger partial charge in [-0.3, -0.25) is 9.59 Å². The van der Waals surface area contributed by atoms with Crippen molar-refractivity contribution in [2.45, 2.75) is 32.6 Å². The number of aromatic amines is 1. The zero-order valence-electron chi connectivity index (χ0n) is 15.4. The summed E-state index contributed by atoms with van der Waals surface area (Å²) in [5, 5.41) is 14.6. The van der Waals surface area contributed by atoms with E-state index in [1.54, 1.807) is 19.1 Å². The molecule has 0 unspecified atom stereocenters. The lowest BCUT2D eigenvalue weighted by Crippen LogP contribution is -2.23. The molecule has 6 nitrogen and oxygen atoms in total. The number of H-pyrrole nitrogens is 1. The maximum absolute atomic E-state index is 12.9. The number of carbonyl (C=O) groups excluding carboxylic acids is 1. The Morgan fingerprint density at radius 3 is 2.82 bits per heavy atom. The number of nitrogens with one attached hydrogen (secondary N) is 2. The number of anilines is 1. The number of thiophene rings is 1. The number of aromatic hydroxyl groups is 1. The number of benzene rings is 1. The van der Waals surface area contributed by atoms with Gasteiger partial charge >= 0.3 is 0 Å². The van der Waals surface area contributed by atoms with Crippen molar-refractivity contribution in [1.82, 2.24) is 4.98 Å². The summed E-state index contributed by atoms with van der Waals surface area (Å²) in [6.07, 6.45) is 3.88. The Labute approximate surface area is 170 Å². The van der Waals surface area contributed by atoms with Crippen molar-refractivity contribution in [2.75, 3.05) is 12.4 Å². The zero-order chi connectivity index (χ0) is 20.0. The number of rotatable bonds is 3. The Morgan fingerprint density at radius 2 is 2.07 bits per heavy atom. The fourth-order valence-corrected chi connectivity index (χ4v) is 5.07. The Balaban J connectivity index is 1.80. The van der Waals surface area contributed by atoms with Gasteiger partial charge in [0.25, 0.3) is 11.5 Å². The van der Waals surface area contributed by atoms with Crippen LogP contribution in [0.25, 0.3) is 10.2 Å². The monoisotopic (exact) mass is 418 g/mol. The first-order chi connectivity index (χ1) is 13.4. The smallest absolute Gasteiger partial charge is 0.265 e. The minimum atomic E-state index is -0.698. The van der Waals surface area contributed by atoms with Crippen LogP contribution in [0.4, 0.5) is 5.69 Å². The van der Waals surface area contributed by atoms with Gasteiger partial charge in [-0.15, -0.1) is 11.3 Å². The van der Waals surface area contributed by atoms with Crippen molar-refractivity contribution < 1.29 is 14.6 Å². The predicted molar refractivity (Wildman–Crippen MR) is 111 cm³/mol. The number of hydrogen-bond donors (Lipinski definition) is 3. The Kier molecular flexibility index (Phi) is 4.81. The number of pyridine rings is 1. The largest absolute Gasteiger partial charge is 0.506 e. The fraction of sp³-hybridized carbons (Fsp3) is 0.300. The first-order valence-electron chi connectivity index (χ1n) is 8.95. The highest BCUT2D eigenvalue weighted by molar-refractivity contribution is 7.18. The molecule has 1 amide bonds. The van der Waals surface area contributed by atoms with Gasteiger partial charge in [-0.05, 0) is 49.8 Å². The summed E-state index contributed by atoms with van der Waals surface area (Å²) >= 11 is 7.58. The summed E-state index contributed by atoms with van der Waals surface area (Å²) in [4.78, 5) is 30.0. The quantitative estimate of drug-likeness (QED) is 0.588. The number of carbonyl (C=O) groups is 1.